The van der Waals surface area contributed by atoms with Gasteiger partial charge in [0.25, 0.3) is 0 Å². The number of carbonyl (C=O) groups is 2. The summed E-state index contributed by atoms with van der Waals surface area (Å²) in [7, 11) is 0. The van der Waals surface area contributed by atoms with Crippen LogP contribution in [0.3, 0.4) is 0 Å². The van der Waals surface area contributed by atoms with E-state index >= 15 is 0 Å². The molecule has 2 amide bonds. The molecule has 0 radical (unpaired) electrons. The second kappa shape index (κ2) is 8.14. The van der Waals surface area contributed by atoms with Gasteiger partial charge in [0.2, 0.25) is 11.8 Å². The number of hydrogen-bond donors (Lipinski definition) is 3. The Balaban J connectivity index is 2.27. The normalized spacial score (nSPS) is 11.8. The van der Waals surface area contributed by atoms with Crippen LogP contribution in [0.1, 0.15) is 27.2 Å². The van der Waals surface area contributed by atoms with Crippen molar-refractivity contribution >= 4 is 17.5 Å². The van der Waals surface area contributed by atoms with E-state index in [2.05, 4.69) is 10.6 Å². The number of anilines is 1. The Kier molecular flexibility index (Phi) is 6.52. The average Bonchev–Trinajstić information content (AvgIpc) is 2.40. The maximum absolute atomic E-state index is 11.7. The fourth-order valence-electron chi connectivity index (χ4n) is 1.61. The molecule has 0 saturated carbocycles. The van der Waals surface area contributed by atoms with Crippen LogP contribution in [-0.4, -0.2) is 30.5 Å². The molecular weight excluding hydrogens is 270 g/mol. The fraction of sp³-hybridized carbons (Fsp3) is 0.467. The molecule has 0 saturated heterocycles. The molecule has 1 atom stereocenters. The first-order valence-electron chi connectivity index (χ1n) is 6.96. The van der Waals surface area contributed by atoms with Crippen molar-refractivity contribution in [1.29, 1.82) is 0 Å². The summed E-state index contributed by atoms with van der Waals surface area (Å²) in [6.45, 7) is 5.63. The van der Waals surface area contributed by atoms with Gasteiger partial charge in [-0.05, 0) is 45.0 Å². The number of hydrogen-bond acceptors (Lipinski definition) is 4. The SMILES string of the molecule is CC(C)NC(=O)C(C)NC(=O)CCOc1ccc(N)cc1. The number of nitrogen functional groups attached to an aromatic ring is 1. The van der Waals surface area contributed by atoms with Crippen LogP contribution in [-0.2, 0) is 9.59 Å². The van der Waals surface area contributed by atoms with Gasteiger partial charge in [0.1, 0.15) is 11.8 Å². The highest BCUT2D eigenvalue weighted by Crippen LogP contribution is 2.13. The number of ether oxygens (including phenoxy) is 1. The lowest BCUT2D eigenvalue weighted by Crippen LogP contribution is -2.47. The molecule has 1 unspecified atom stereocenters. The Hall–Kier alpha value is -2.24. The molecule has 1 rings (SSSR count). The fourth-order valence-corrected chi connectivity index (χ4v) is 1.61. The molecule has 0 aliphatic heterocycles. The zero-order valence-electron chi connectivity index (χ0n) is 12.7. The Bertz CT molecular complexity index is 472. The van der Waals surface area contributed by atoms with E-state index in [9.17, 15) is 9.59 Å². The number of nitrogens with two attached hydrogens (primary N) is 1. The standard InChI is InChI=1S/C15H23N3O3/c1-10(2)17-15(20)11(3)18-14(19)8-9-21-13-6-4-12(16)5-7-13/h4-7,10-11H,8-9,16H2,1-3H3,(H,17,20)(H,18,19). The Morgan fingerprint density at radius 1 is 1.14 bits per heavy atom. The molecule has 116 valence electrons. The van der Waals surface area contributed by atoms with Crippen molar-refractivity contribution in [3.8, 4) is 5.75 Å². The summed E-state index contributed by atoms with van der Waals surface area (Å²) in [5, 5.41) is 5.37. The quantitative estimate of drug-likeness (QED) is 0.655. The van der Waals surface area contributed by atoms with Crippen LogP contribution in [0.15, 0.2) is 24.3 Å². The smallest absolute Gasteiger partial charge is 0.242 e. The van der Waals surface area contributed by atoms with Gasteiger partial charge in [-0.1, -0.05) is 0 Å². The third kappa shape index (κ3) is 6.65. The van der Waals surface area contributed by atoms with Crippen LogP contribution >= 0.6 is 0 Å². The highest BCUT2D eigenvalue weighted by Gasteiger charge is 2.15. The minimum Gasteiger partial charge on any atom is -0.493 e. The lowest BCUT2D eigenvalue weighted by Gasteiger charge is -2.16. The van der Waals surface area contributed by atoms with Gasteiger partial charge in [-0.2, -0.15) is 0 Å². The zero-order valence-corrected chi connectivity index (χ0v) is 12.7. The maximum atomic E-state index is 11.7. The van der Waals surface area contributed by atoms with E-state index in [-0.39, 0.29) is 30.9 Å². The van der Waals surface area contributed by atoms with E-state index in [0.29, 0.717) is 11.4 Å². The molecule has 4 N–H and O–H groups in total. The van der Waals surface area contributed by atoms with Crippen molar-refractivity contribution in [2.24, 2.45) is 0 Å². The Morgan fingerprint density at radius 2 is 1.76 bits per heavy atom. The number of rotatable bonds is 7. The zero-order chi connectivity index (χ0) is 15.8. The molecule has 1 aromatic rings. The van der Waals surface area contributed by atoms with Crippen molar-refractivity contribution in [1.82, 2.24) is 10.6 Å². The Labute approximate surface area is 125 Å². The summed E-state index contributed by atoms with van der Waals surface area (Å²) in [6, 6.07) is 6.43. The second-order valence-corrected chi connectivity index (χ2v) is 5.12. The van der Waals surface area contributed by atoms with E-state index < -0.39 is 6.04 Å². The van der Waals surface area contributed by atoms with Crippen LogP contribution in [0.25, 0.3) is 0 Å². The summed E-state index contributed by atoms with van der Waals surface area (Å²) in [5.74, 6) is 0.234. The molecule has 0 heterocycles. The van der Waals surface area contributed by atoms with Crippen molar-refractivity contribution in [3.63, 3.8) is 0 Å². The largest absolute Gasteiger partial charge is 0.493 e. The van der Waals surface area contributed by atoms with Gasteiger partial charge in [0.05, 0.1) is 13.0 Å². The molecule has 0 aromatic heterocycles. The van der Waals surface area contributed by atoms with E-state index in [1.54, 1.807) is 31.2 Å². The van der Waals surface area contributed by atoms with E-state index in [4.69, 9.17) is 10.5 Å². The molecule has 6 heteroatoms. The van der Waals surface area contributed by atoms with Crippen LogP contribution in [0.2, 0.25) is 0 Å². The molecule has 6 nitrogen and oxygen atoms in total. The van der Waals surface area contributed by atoms with Gasteiger partial charge < -0.3 is 21.1 Å². The number of benzene rings is 1. The summed E-state index contributed by atoms with van der Waals surface area (Å²) in [6.07, 6.45) is 0.184. The van der Waals surface area contributed by atoms with Gasteiger partial charge in [0.15, 0.2) is 0 Å². The highest BCUT2D eigenvalue weighted by molar-refractivity contribution is 5.87. The maximum Gasteiger partial charge on any atom is 0.242 e. The van der Waals surface area contributed by atoms with Crippen LogP contribution in [0.4, 0.5) is 5.69 Å². The first kappa shape index (κ1) is 16.8. The first-order valence-corrected chi connectivity index (χ1v) is 6.96. The predicted octanol–water partition coefficient (Wildman–Crippen LogP) is 1.07. The lowest BCUT2D eigenvalue weighted by molar-refractivity contribution is -0.129. The number of nitrogens with one attached hydrogen (secondary N) is 2. The van der Waals surface area contributed by atoms with Crippen LogP contribution in [0, 0.1) is 0 Å². The van der Waals surface area contributed by atoms with Gasteiger partial charge in [0, 0.05) is 11.7 Å². The number of carbonyl (C=O) groups excluding carboxylic acids is 2. The van der Waals surface area contributed by atoms with Crippen molar-refractivity contribution in [2.75, 3.05) is 12.3 Å². The molecule has 0 fully saturated rings. The molecular formula is C15H23N3O3. The van der Waals surface area contributed by atoms with E-state index in [1.165, 1.54) is 0 Å². The van der Waals surface area contributed by atoms with Gasteiger partial charge in [-0.3, -0.25) is 9.59 Å². The Morgan fingerprint density at radius 3 is 2.33 bits per heavy atom. The lowest BCUT2D eigenvalue weighted by atomic mass is 10.2. The molecule has 0 aliphatic rings. The third-order valence-corrected chi connectivity index (χ3v) is 2.68. The minimum atomic E-state index is -0.559. The van der Waals surface area contributed by atoms with Crippen LogP contribution in [0.5, 0.6) is 5.75 Å². The van der Waals surface area contributed by atoms with Gasteiger partial charge >= 0.3 is 0 Å². The molecule has 0 bridgehead atoms. The molecule has 1 aromatic carbocycles. The summed E-state index contributed by atoms with van der Waals surface area (Å²) >= 11 is 0. The van der Waals surface area contributed by atoms with Gasteiger partial charge in [-0.25, -0.2) is 0 Å². The van der Waals surface area contributed by atoms with E-state index in [0.717, 1.165) is 0 Å². The number of amides is 2. The van der Waals surface area contributed by atoms with Gasteiger partial charge in [-0.15, -0.1) is 0 Å². The van der Waals surface area contributed by atoms with Crippen molar-refractivity contribution < 1.29 is 14.3 Å². The second-order valence-electron chi connectivity index (χ2n) is 5.12. The van der Waals surface area contributed by atoms with Crippen LogP contribution < -0.4 is 21.1 Å². The molecule has 0 spiro atoms. The average molecular weight is 293 g/mol. The van der Waals surface area contributed by atoms with E-state index in [1.807, 2.05) is 13.8 Å². The summed E-state index contributed by atoms with van der Waals surface area (Å²) in [4.78, 5) is 23.3. The minimum absolute atomic E-state index is 0.0469. The summed E-state index contributed by atoms with van der Waals surface area (Å²) in [5.41, 5.74) is 6.22. The first-order chi connectivity index (χ1) is 9.88. The predicted molar refractivity (Wildman–Crippen MR) is 81.8 cm³/mol. The third-order valence-electron chi connectivity index (χ3n) is 2.68. The highest BCUT2D eigenvalue weighted by atomic mass is 16.5. The molecule has 21 heavy (non-hydrogen) atoms. The van der Waals surface area contributed by atoms with Crippen molar-refractivity contribution in [3.05, 3.63) is 24.3 Å². The summed E-state index contributed by atoms with van der Waals surface area (Å²) < 4.78 is 5.42. The topological polar surface area (TPSA) is 93.5 Å². The monoisotopic (exact) mass is 293 g/mol. The molecule has 0 aliphatic carbocycles. The van der Waals surface area contributed by atoms with Crippen molar-refractivity contribution in [2.45, 2.75) is 39.3 Å².